The van der Waals surface area contributed by atoms with Gasteiger partial charge < -0.3 is 0 Å². The molecule has 0 saturated carbocycles. The number of hydrogen-bond acceptors (Lipinski definition) is 1. The molecule has 0 spiro atoms. The first-order chi connectivity index (χ1) is 7.87. The standard InChI is InChI=1S/C15H31OS/c1-7-9-11-17(12-10-8-2)15(5,6)14(16)13(3)4/h13H,7-12H2,1-6H3/q+1. The molecule has 0 saturated heterocycles. The van der Waals surface area contributed by atoms with Gasteiger partial charge in [0.15, 0.2) is 10.5 Å². The second-order valence-corrected chi connectivity index (χ2v) is 8.46. The predicted octanol–water partition coefficient (Wildman–Crippen LogP) is 4.21. The molecule has 2 heteroatoms. The van der Waals surface area contributed by atoms with Gasteiger partial charge in [0.2, 0.25) is 0 Å². The van der Waals surface area contributed by atoms with Crippen LogP contribution in [0.2, 0.25) is 0 Å². The molecule has 0 aromatic heterocycles. The number of carbonyl (C=O) groups excluding carboxylic acids is 1. The molecule has 0 aliphatic carbocycles. The first kappa shape index (κ1) is 17.0. The van der Waals surface area contributed by atoms with Gasteiger partial charge in [-0.05, 0) is 26.7 Å². The van der Waals surface area contributed by atoms with Crippen molar-refractivity contribution in [3.05, 3.63) is 0 Å². The molecule has 0 N–H and O–H groups in total. The second kappa shape index (κ2) is 8.18. The summed E-state index contributed by atoms with van der Waals surface area (Å²) in [4.78, 5) is 12.3. The molecule has 0 amide bonds. The Morgan fingerprint density at radius 2 is 1.47 bits per heavy atom. The van der Waals surface area contributed by atoms with Gasteiger partial charge in [0.05, 0.1) is 0 Å². The summed E-state index contributed by atoms with van der Waals surface area (Å²) in [5, 5.41) is 0. The van der Waals surface area contributed by atoms with Crippen LogP contribution in [0.3, 0.4) is 0 Å². The highest BCUT2D eigenvalue weighted by molar-refractivity contribution is 7.98. The number of carbonyl (C=O) groups is 1. The van der Waals surface area contributed by atoms with Gasteiger partial charge >= 0.3 is 0 Å². The molecule has 17 heavy (non-hydrogen) atoms. The third-order valence-corrected chi connectivity index (χ3v) is 6.54. The average Bonchev–Trinajstić information content (AvgIpc) is 2.27. The number of Topliss-reactive ketones (excluding diaryl/α,β-unsaturated/α-hetero) is 1. The van der Waals surface area contributed by atoms with E-state index in [2.05, 4.69) is 27.7 Å². The van der Waals surface area contributed by atoms with Crippen LogP contribution in [0.4, 0.5) is 0 Å². The summed E-state index contributed by atoms with van der Waals surface area (Å²) in [7, 11) is 0.265. The van der Waals surface area contributed by atoms with E-state index in [1.54, 1.807) is 0 Å². The maximum Gasteiger partial charge on any atom is 0.189 e. The van der Waals surface area contributed by atoms with Crippen LogP contribution in [0, 0.1) is 5.92 Å². The quantitative estimate of drug-likeness (QED) is 0.567. The fourth-order valence-corrected chi connectivity index (χ4v) is 5.11. The zero-order chi connectivity index (χ0) is 13.5. The minimum Gasteiger partial charge on any atom is -0.293 e. The van der Waals surface area contributed by atoms with Crippen molar-refractivity contribution in [2.75, 3.05) is 11.5 Å². The zero-order valence-electron chi connectivity index (χ0n) is 12.6. The Labute approximate surface area is 111 Å². The van der Waals surface area contributed by atoms with Crippen LogP contribution in [-0.2, 0) is 15.7 Å². The van der Waals surface area contributed by atoms with E-state index in [0.717, 1.165) is 0 Å². The van der Waals surface area contributed by atoms with Crippen LogP contribution >= 0.6 is 0 Å². The van der Waals surface area contributed by atoms with E-state index in [1.807, 2.05) is 13.8 Å². The van der Waals surface area contributed by atoms with Gasteiger partial charge in [-0.2, -0.15) is 0 Å². The molecule has 0 aliphatic heterocycles. The van der Waals surface area contributed by atoms with Crippen molar-refractivity contribution in [1.82, 2.24) is 0 Å². The summed E-state index contributed by atoms with van der Waals surface area (Å²) in [5.74, 6) is 3.10. The molecule has 0 rings (SSSR count). The van der Waals surface area contributed by atoms with Crippen molar-refractivity contribution < 1.29 is 4.79 Å². The summed E-state index contributed by atoms with van der Waals surface area (Å²) in [6.07, 6.45) is 5.01. The Morgan fingerprint density at radius 1 is 1.06 bits per heavy atom. The summed E-state index contributed by atoms with van der Waals surface area (Å²) >= 11 is 0. The van der Waals surface area contributed by atoms with Crippen LogP contribution in [0.15, 0.2) is 0 Å². The van der Waals surface area contributed by atoms with Crippen molar-refractivity contribution in [3.8, 4) is 0 Å². The first-order valence-corrected chi connectivity index (χ1v) is 8.66. The van der Waals surface area contributed by atoms with Gasteiger partial charge in [0.1, 0.15) is 11.5 Å². The molecule has 0 radical (unpaired) electrons. The molecule has 0 aromatic carbocycles. The molecule has 0 bridgehead atoms. The van der Waals surface area contributed by atoms with E-state index in [9.17, 15) is 4.79 Å². The fourth-order valence-electron chi connectivity index (χ4n) is 2.09. The second-order valence-electron chi connectivity index (χ2n) is 5.64. The fraction of sp³-hybridized carbons (Fsp3) is 0.933. The number of rotatable bonds is 9. The minimum atomic E-state index is -0.113. The maximum absolute atomic E-state index is 12.3. The largest absolute Gasteiger partial charge is 0.293 e. The van der Waals surface area contributed by atoms with Crippen LogP contribution in [0.5, 0.6) is 0 Å². The lowest BCUT2D eigenvalue weighted by molar-refractivity contribution is -0.123. The van der Waals surface area contributed by atoms with Gasteiger partial charge in [-0.15, -0.1) is 0 Å². The van der Waals surface area contributed by atoms with E-state index < -0.39 is 0 Å². The van der Waals surface area contributed by atoms with Crippen LogP contribution in [0.1, 0.15) is 67.2 Å². The highest BCUT2D eigenvalue weighted by Gasteiger charge is 2.44. The average molecular weight is 259 g/mol. The zero-order valence-corrected chi connectivity index (χ0v) is 13.5. The van der Waals surface area contributed by atoms with E-state index >= 15 is 0 Å². The first-order valence-electron chi connectivity index (χ1n) is 7.09. The number of unbranched alkanes of at least 4 members (excludes halogenated alkanes) is 2. The normalized spacial score (nSPS) is 12.5. The van der Waals surface area contributed by atoms with Crippen molar-refractivity contribution in [2.24, 2.45) is 5.92 Å². The lowest BCUT2D eigenvalue weighted by Crippen LogP contribution is -2.45. The van der Waals surface area contributed by atoms with E-state index in [0.29, 0.717) is 5.78 Å². The van der Waals surface area contributed by atoms with Crippen molar-refractivity contribution in [2.45, 2.75) is 72.0 Å². The molecule has 0 aromatic rings. The van der Waals surface area contributed by atoms with Gasteiger partial charge in [0, 0.05) is 16.8 Å². The van der Waals surface area contributed by atoms with Crippen molar-refractivity contribution in [3.63, 3.8) is 0 Å². The summed E-state index contributed by atoms with van der Waals surface area (Å²) in [6, 6.07) is 0. The molecule has 0 atom stereocenters. The Balaban J connectivity index is 4.67. The maximum atomic E-state index is 12.3. The predicted molar refractivity (Wildman–Crippen MR) is 80.8 cm³/mol. The third kappa shape index (κ3) is 5.46. The topological polar surface area (TPSA) is 17.1 Å². The van der Waals surface area contributed by atoms with Crippen LogP contribution in [0.25, 0.3) is 0 Å². The smallest absolute Gasteiger partial charge is 0.189 e. The van der Waals surface area contributed by atoms with Crippen LogP contribution in [-0.4, -0.2) is 22.0 Å². The lowest BCUT2D eigenvalue weighted by Gasteiger charge is -2.26. The van der Waals surface area contributed by atoms with Gasteiger partial charge in [-0.25, -0.2) is 0 Å². The lowest BCUT2D eigenvalue weighted by atomic mass is 9.98. The number of ketones is 1. The van der Waals surface area contributed by atoms with Crippen LogP contribution < -0.4 is 0 Å². The SMILES string of the molecule is CCCC[S+](CCCC)C(C)(C)C(=O)C(C)C. The Bertz CT molecular complexity index is 213. The van der Waals surface area contributed by atoms with Gasteiger partial charge in [-0.3, -0.25) is 4.79 Å². The van der Waals surface area contributed by atoms with E-state index in [1.165, 1.54) is 37.2 Å². The summed E-state index contributed by atoms with van der Waals surface area (Å²) in [6.45, 7) is 12.9. The Kier molecular flexibility index (Phi) is 8.19. The molecule has 1 nitrogen and oxygen atoms in total. The summed E-state index contributed by atoms with van der Waals surface area (Å²) in [5.41, 5.74) is 0. The molecule has 0 fully saturated rings. The molecule has 0 heterocycles. The molecule has 0 aliphatic rings. The van der Waals surface area contributed by atoms with Gasteiger partial charge in [-0.1, -0.05) is 40.5 Å². The van der Waals surface area contributed by atoms with Crippen molar-refractivity contribution >= 4 is 16.7 Å². The highest BCUT2D eigenvalue weighted by Crippen LogP contribution is 2.27. The molecule has 102 valence electrons. The van der Waals surface area contributed by atoms with E-state index in [-0.39, 0.29) is 21.6 Å². The highest BCUT2D eigenvalue weighted by atomic mass is 32.2. The van der Waals surface area contributed by atoms with Crippen molar-refractivity contribution in [1.29, 1.82) is 0 Å². The molecular formula is C15H31OS+. The monoisotopic (exact) mass is 259 g/mol. The molecular weight excluding hydrogens is 228 g/mol. The Morgan fingerprint density at radius 3 is 1.76 bits per heavy atom. The summed E-state index contributed by atoms with van der Waals surface area (Å²) < 4.78 is -0.113. The minimum absolute atomic E-state index is 0.113. The Hall–Kier alpha value is 0.0200. The van der Waals surface area contributed by atoms with Gasteiger partial charge in [0.25, 0.3) is 0 Å². The van der Waals surface area contributed by atoms with E-state index in [4.69, 9.17) is 0 Å². The molecule has 0 unspecified atom stereocenters. The number of hydrogen-bond donors (Lipinski definition) is 0. The third-order valence-electron chi connectivity index (χ3n) is 3.33.